The monoisotopic (exact) mass is 253 g/mol. The molecule has 1 unspecified atom stereocenters. The second kappa shape index (κ2) is 5.52. The van der Waals surface area contributed by atoms with Gasteiger partial charge in [0.1, 0.15) is 0 Å². The fourth-order valence-corrected chi connectivity index (χ4v) is 2.36. The molecule has 4 heteroatoms. The van der Waals surface area contributed by atoms with E-state index in [1.165, 1.54) is 4.90 Å². The fourth-order valence-electron chi connectivity index (χ4n) is 2.14. The van der Waals surface area contributed by atoms with Crippen molar-refractivity contribution < 1.29 is 9.69 Å². The largest absolute Gasteiger partial charge is 0.336 e. The zero-order valence-electron chi connectivity index (χ0n) is 10.1. The summed E-state index contributed by atoms with van der Waals surface area (Å²) >= 11 is 6.06. The first-order valence-electron chi connectivity index (χ1n) is 6.03. The molecule has 1 aliphatic heterocycles. The van der Waals surface area contributed by atoms with Gasteiger partial charge >= 0.3 is 0 Å². The number of nitrogens with zero attached hydrogens (tertiary/aromatic N) is 1. The molecule has 1 atom stereocenters. The molecule has 1 aromatic carbocycles. The average Bonchev–Trinajstić information content (AvgIpc) is 2.54. The Hall–Kier alpha value is -1.06. The van der Waals surface area contributed by atoms with Crippen molar-refractivity contribution in [2.45, 2.75) is 6.42 Å². The molecule has 1 aliphatic rings. The summed E-state index contributed by atoms with van der Waals surface area (Å²) < 4.78 is 0. The summed E-state index contributed by atoms with van der Waals surface area (Å²) in [6.45, 7) is 3.79. The lowest BCUT2D eigenvalue weighted by Crippen LogP contribution is -3.09. The van der Waals surface area contributed by atoms with E-state index in [0.717, 1.165) is 32.6 Å². The first kappa shape index (κ1) is 12.4. The molecule has 0 aromatic heterocycles. The second-order valence-corrected chi connectivity index (χ2v) is 4.99. The molecule has 1 saturated heterocycles. The number of nitrogens with one attached hydrogen (secondary N) is 1. The maximum Gasteiger partial charge on any atom is 0.255 e. The highest BCUT2D eigenvalue weighted by Crippen LogP contribution is 2.17. The van der Waals surface area contributed by atoms with Crippen LogP contribution in [0.2, 0.25) is 5.02 Å². The summed E-state index contributed by atoms with van der Waals surface area (Å²) in [5.74, 6) is 0.0605. The third kappa shape index (κ3) is 2.99. The molecular weight excluding hydrogens is 236 g/mol. The van der Waals surface area contributed by atoms with E-state index in [0.29, 0.717) is 10.6 Å². The van der Waals surface area contributed by atoms with Crippen LogP contribution in [0.1, 0.15) is 16.8 Å². The summed E-state index contributed by atoms with van der Waals surface area (Å²) in [7, 11) is 2.17. The smallest absolute Gasteiger partial charge is 0.255 e. The molecule has 0 saturated carbocycles. The lowest BCUT2D eigenvalue weighted by Gasteiger charge is -2.19. The molecule has 92 valence electrons. The molecule has 0 radical (unpaired) electrons. The Morgan fingerprint density at radius 1 is 1.29 bits per heavy atom. The molecule has 0 bridgehead atoms. The Morgan fingerprint density at radius 3 is 2.82 bits per heavy atom. The van der Waals surface area contributed by atoms with Crippen molar-refractivity contribution >= 4 is 17.5 Å². The highest BCUT2D eigenvalue weighted by atomic mass is 35.5. The minimum atomic E-state index is 0.0605. The minimum Gasteiger partial charge on any atom is -0.336 e. The van der Waals surface area contributed by atoms with E-state index in [2.05, 4.69) is 7.05 Å². The van der Waals surface area contributed by atoms with Gasteiger partial charge in [0.2, 0.25) is 0 Å². The van der Waals surface area contributed by atoms with Crippen LogP contribution in [0.15, 0.2) is 24.3 Å². The van der Waals surface area contributed by atoms with Gasteiger partial charge < -0.3 is 9.80 Å². The third-order valence-corrected chi connectivity index (χ3v) is 3.56. The van der Waals surface area contributed by atoms with Gasteiger partial charge in [-0.2, -0.15) is 0 Å². The van der Waals surface area contributed by atoms with Gasteiger partial charge in [-0.05, 0) is 12.1 Å². The zero-order valence-corrected chi connectivity index (χ0v) is 10.8. The van der Waals surface area contributed by atoms with Gasteiger partial charge in [0, 0.05) is 13.0 Å². The molecule has 1 amide bonds. The summed E-state index contributed by atoms with van der Waals surface area (Å²) in [6.07, 6.45) is 1.06. The van der Waals surface area contributed by atoms with Crippen molar-refractivity contribution in [3.8, 4) is 0 Å². The highest BCUT2D eigenvalue weighted by Gasteiger charge is 2.21. The molecule has 17 heavy (non-hydrogen) atoms. The van der Waals surface area contributed by atoms with Crippen LogP contribution >= 0.6 is 11.6 Å². The quantitative estimate of drug-likeness (QED) is 0.783. The Morgan fingerprint density at radius 2 is 2.06 bits per heavy atom. The van der Waals surface area contributed by atoms with Crippen LogP contribution < -0.4 is 4.90 Å². The Bertz CT molecular complexity index is 408. The van der Waals surface area contributed by atoms with Crippen LogP contribution in [0.25, 0.3) is 0 Å². The molecule has 0 spiro atoms. The molecule has 0 aliphatic carbocycles. The number of rotatable bonds is 1. The predicted molar refractivity (Wildman–Crippen MR) is 68.6 cm³/mol. The van der Waals surface area contributed by atoms with E-state index in [-0.39, 0.29) is 5.91 Å². The van der Waals surface area contributed by atoms with E-state index in [1.807, 2.05) is 17.0 Å². The van der Waals surface area contributed by atoms with E-state index in [9.17, 15) is 4.79 Å². The van der Waals surface area contributed by atoms with Gasteiger partial charge in [-0.15, -0.1) is 0 Å². The SMILES string of the molecule is C[NH+]1CCCN(C(=O)c2ccccc2Cl)CC1. The van der Waals surface area contributed by atoms with Crippen molar-refractivity contribution in [3.05, 3.63) is 34.9 Å². The number of amides is 1. The molecule has 3 nitrogen and oxygen atoms in total. The van der Waals surface area contributed by atoms with E-state index < -0.39 is 0 Å². The van der Waals surface area contributed by atoms with Crippen molar-refractivity contribution in [2.24, 2.45) is 0 Å². The summed E-state index contributed by atoms with van der Waals surface area (Å²) in [5.41, 5.74) is 0.619. The van der Waals surface area contributed by atoms with E-state index in [1.54, 1.807) is 12.1 Å². The molecule has 2 rings (SSSR count). The average molecular weight is 254 g/mol. The number of quaternary nitrogens is 1. The fraction of sp³-hybridized carbons (Fsp3) is 0.462. The first-order chi connectivity index (χ1) is 8.18. The Balaban J connectivity index is 2.12. The minimum absolute atomic E-state index is 0.0605. The van der Waals surface area contributed by atoms with Gasteiger partial charge in [0.25, 0.3) is 5.91 Å². The Labute approximate surface area is 107 Å². The molecule has 1 fully saturated rings. The predicted octanol–water partition coefficient (Wildman–Crippen LogP) is 0.701. The van der Waals surface area contributed by atoms with Gasteiger partial charge in [0.05, 0.1) is 37.3 Å². The summed E-state index contributed by atoms with van der Waals surface area (Å²) in [6, 6.07) is 7.27. The first-order valence-corrected chi connectivity index (χ1v) is 6.41. The molecule has 1 N–H and O–H groups in total. The third-order valence-electron chi connectivity index (χ3n) is 3.23. The molecule has 1 heterocycles. The number of likely N-dealkylation sites (N-methyl/N-ethyl adjacent to an activating group) is 1. The second-order valence-electron chi connectivity index (χ2n) is 4.58. The van der Waals surface area contributed by atoms with Crippen LogP contribution in [0.4, 0.5) is 0 Å². The van der Waals surface area contributed by atoms with Crippen LogP contribution in [-0.4, -0.2) is 44.0 Å². The standard InChI is InChI=1S/C13H17ClN2O/c1-15-7-4-8-16(10-9-15)13(17)11-5-2-3-6-12(11)14/h2-3,5-6H,4,7-10H2,1H3/p+1. The normalized spacial score (nSPS) is 21.1. The lowest BCUT2D eigenvalue weighted by molar-refractivity contribution is -0.877. The topological polar surface area (TPSA) is 24.8 Å². The van der Waals surface area contributed by atoms with Crippen LogP contribution in [-0.2, 0) is 0 Å². The molecule has 1 aromatic rings. The van der Waals surface area contributed by atoms with Crippen LogP contribution in [0.5, 0.6) is 0 Å². The number of benzene rings is 1. The molecular formula is C13H18ClN2O+. The number of hydrogen-bond acceptors (Lipinski definition) is 1. The number of halogens is 1. The lowest BCUT2D eigenvalue weighted by atomic mass is 10.2. The van der Waals surface area contributed by atoms with Gasteiger partial charge in [-0.25, -0.2) is 0 Å². The summed E-state index contributed by atoms with van der Waals surface area (Å²) in [4.78, 5) is 15.7. The van der Waals surface area contributed by atoms with Gasteiger partial charge in [0.15, 0.2) is 0 Å². The van der Waals surface area contributed by atoms with Crippen molar-refractivity contribution in [3.63, 3.8) is 0 Å². The van der Waals surface area contributed by atoms with Crippen LogP contribution in [0, 0.1) is 0 Å². The number of carbonyl (C=O) groups is 1. The van der Waals surface area contributed by atoms with Gasteiger partial charge in [-0.3, -0.25) is 4.79 Å². The van der Waals surface area contributed by atoms with E-state index in [4.69, 9.17) is 11.6 Å². The highest BCUT2D eigenvalue weighted by molar-refractivity contribution is 6.33. The zero-order chi connectivity index (χ0) is 12.3. The van der Waals surface area contributed by atoms with Gasteiger partial charge in [-0.1, -0.05) is 23.7 Å². The summed E-state index contributed by atoms with van der Waals surface area (Å²) in [5, 5.41) is 0.544. The number of carbonyl (C=O) groups excluding carboxylic acids is 1. The Kier molecular flexibility index (Phi) is 4.02. The van der Waals surface area contributed by atoms with Crippen molar-refractivity contribution in [1.82, 2.24) is 4.90 Å². The van der Waals surface area contributed by atoms with E-state index >= 15 is 0 Å². The van der Waals surface area contributed by atoms with Crippen LogP contribution in [0.3, 0.4) is 0 Å². The maximum atomic E-state index is 12.3. The van der Waals surface area contributed by atoms with Crippen molar-refractivity contribution in [1.29, 1.82) is 0 Å². The van der Waals surface area contributed by atoms with Crippen molar-refractivity contribution in [2.75, 3.05) is 33.2 Å². The maximum absolute atomic E-state index is 12.3. The number of hydrogen-bond donors (Lipinski definition) is 1.